The summed E-state index contributed by atoms with van der Waals surface area (Å²) in [6, 6.07) is 0. The summed E-state index contributed by atoms with van der Waals surface area (Å²) in [6.45, 7) is 1.96. The van der Waals surface area contributed by atoms with E-state index in [1.165, 1.54) is 6.08 Å². The van der Waals surface area contributed by atoms with Gasteiger partial charge in [-0.15, -0.1) is 0 Å². The van der Waals surface area contributed by atoms with Crippen LogP contribution < -0.4 is 29.6 Å². The first-order chi connectivity index (χ1) is 4.18. The quantitative estimate of drug-likeness (QED) is 0.422. The Balaban J connectivity index is 0.000000810. The summed E-state index contributed by atoms with van der Waals surface area (Å²) in [7, 11) is 0. The zero-order chi connectivity index (χ0) is 6.85. The first kappa shape index (κ1) is 10.2. The predicted octanol–water partition coefficient (Wildman–Crippen LogP) is -1.57. The average Bonchev–Trinajstić information content (AvgIpc) is 1.59. The van der Waals surface area contributed by atoms with E-state index >= 15 is 0 Å². The molecule has 1 aliphatic carbocycles. The fourth-order valence-electron chi connectivity index (χ4n) is 1.08. The summed E-state index contributed by atoms with van der Waals surface area (Å²) in [5.41, 5.74) is 0. The van der Waals surface area contributed by atoms with Crippen LogP contribution >= 0.6 is 0 Å². The van der Waals surface area contributed by atoms with E-state index in [9.17, 15) is 4.79 Å². The van der Waals surface area contributed by atoms with Gasteiger partial charge in [0.2, 0.25) is 0 Å². The number of aliphatic hydroxyl groups excluding tert-OH is 1. The molecular weight excluding hydrogens is 139 g/mol. The molecule has 0 heterocycles. The van der Waals surface area contributed by atoms with Crippen molar-refractivity contribution in [1.29, 1.82) is 0 Å². The average molecular weight is 149 g/mol. The maximum atomic E-state index is 10.6. The first-order valence-corrected chi connectivity index (χ1v) is 3.11. The molecule has 1 rings (SSSR count). The molecule has 1 unspecified atom stereocenters. The van der Waals surface area contributed by atoms with Gasteiger partial charge in [-0.2, -0.15) is 0 Å². The first-order valence-electron chi connectivity index (χ1n) is 3.11. The van der Waals surface area contributed by atoms with E-state index in [-0.39, 0.29) is 41.1 Å². The number of carbonyl (C=O) groups is 1. The van der Waals surface area contributed by atoms with Crippen LogP contribution in [0.5, 0.6) is 0 Å². The fourth-order valence-corrected chi connectivity index (χ4v) is 1.08. The van der Waals surface area contributed by atoms with Crippen LogP contribution in [-0.4, -0.2) is 10.9 Å². The molecule has 0 radical (unpaired) electrons. The topological polar surface area (TPSA) is 37.3 Å². The Morgan fingerprint density at radius 3 is 2.60 bits per heavy atom. The molecule has 0 aliphatic heterocycles. The Morgan fingerprint density at radius 1 is 1.60 bits per heavy atom. The van der Waals surface area contributed by atoms with Crippen LogP contribution in [0.15, 0.2) is 11.8 Å². The predicted molar refractivity (Wildman–Crippen MR) is 34.1 cm³/mol. The number of hydrogen-bond acceptors (Lipinski definition) is 2. The van der Waals surface area contributed by atoms with Crippen LogP contribution in [0.1, 0.15) is 19.8 Å². The maximum absolute atomic E-state index is 10.6. The van der Waals surface area contributed by atoms with Crippen molar-refractivity contribution in [2.75, 3.05) is 0 Å². The minimum absolute atomic E-state index is 0. The van der Waals surface area contributed by atoms with Crippen molar-refractivity contribution in [3.05, 3.63) is 11.8 Å². The van der Waals surface area contributed by atoms with Gasteiger partial charge in [0.25, 0.3) is 0 Å². The molecule has 0 aromatic heterocycles. The molecule has 1 N–H and O–H groups in total. The fraction of sp³-hybridized carbons (Fsp3) is 0.571. The van der Waals surface area contributed by atoms with Gasteiger partial charge in [0.15, 0.2) is 5.78 Å². The van der Waals surface area contributed by atoms with Crippen molar-refractivity contribution in [1.82, 2.24) is 0 Å². The number of aliphatic hydroxyl groups is 1. The summed E-state index contributed by atoms with van der Waals surface area (Å²) in [5, 5.41) is 8.89. The second-order valence-electron chi connectivity index (χ2n) is 2.62. The van der Waals surface area contributed by atoms with Crippen LogP contribution in [0, 0.1) is 5.92 Å². The van der Waals surface area contributed by atoms with Crippen molar-refractivity contribution in [2.45, 2.75) is 19.8 Å². The molecule has 0 amide bonds. The zero-order valence-electron chi connectivity index (χ0n) is 6.42. The Hall–Kier alpha value is 0.210. The van der Waals surface area contributed by atoms with Crippen LogP contribution in [0.25, 0.3) is 0 Å². The van der Waals surface area contributed by atoms with E-state index in [4.69, 9.17) is 5.11 Å². The van der Waals surface area contributed by atoms with Gasteiger partial charge >= 0.3 is 29.6 Å². The van der Waals surface area contributed by atoms with E-state index in [1.54, 1.807) is 0 Å². The van der Waals surface area contributed by atoms with Gasteiger partial charge in [0.1, 0.15) is 0 Å². The van der Waals surface area contributed by atoms with Crippen molar-refractivity contribution in [3.8, 4) is 0 Å². The Labute approximate surface area is 82.6 Å². The number of rotatable bonds is 0. The van der Waals surface area contributed by atoms with Crippen LogP contribution in [0.4, 0.5) is 0 Å². The third-order valence-electron chi connectivity index (χ3n) is 1.43. The van der Waals surface area contributed by atoms with Crippen molar-refractivity contribution < 1.29 is 39.5 Å². The summed E-state index contributed by atoms with van der Waals surface area (Å²) < 4.78 is 0. The molecule has 3 heteroatoms. The Kier molecular flexibility index (Phi) is 4.25. The summed E-state index contributed by atoms with van der Waals surface area (Å²) in [5.74, 6) is 0.604. The van der Waals surface area contributed by atoms with E-state index in [2.05, 4.69) is 0 Å². The molecule has 2 nitrogen and oxygen atoms in total. The number of hydrogen-bond donors (Lipinski definition) is 1. The molecule has 0 aromatic rings. The molecule has 0 saturated heterocycles. The van der Waals surface area contributed by atoms with Crippen LogP contribution in [0.3, 0.4) is 0 Å². The number of ketones is 1. The van der Waals surface area contributed by atoms with E-state index in [1.807, 2.05) is 6.92 Å². The standard InChI is InChI=1S/C7H10O2.Na/c1-5-2-6(8)4-7(9)3-5;/h4-5,8H,2-3H2,1H3;/q;+1. The van der Waals surface area contributed by atoms with Gasteiger partial charge in [-0.1, -0.05) is 6.92 Å². The summed E-state index contributed by atoms with van der Waals surface area (Å²) >= 11 is 0. The van der Waals surface area contributed by atoms with Gasteiger partial charge in [0, 0.05) is 18.9 Å². The van der Waals surface area contributed by atoms with Gasteiger partial charge in [0.05, 0.1) is 5.76 Å². The zero-order valence-corrected chi connectivity index (χ0v) is 8.42. The molecule has 0 fully saturated rings. The van der Waals surface area contributed by atoms with E-state index in [0.29, 0.717) is 18.8 Å². The van der Waals surface area contributed by atoms with Crippen LogP contribution in [-0.2, 0) is 4.79 Å². The van der Waals surface area contributed by atoms with Gasteiger partial charge in [-0.25, -0.2) is 0 Å². The Morgan fingerprint density at radius 2 is 2.20 bits per heavy atom. The van der Waals surface area contributed by atoms with Crippen molar-refractivity contribution in [3.63, 3.8) is 0 Å². The van der Waals surface area contributed by atoms with Gasteiger partial charge in [-0.05, 0) is 5.92 Å². The third-order valence-corrected chi connectivity index (χ3v) is 1.43. The normalized spacial score (nSPS) is 25.1. The number of carbonyl (C=O) groups excluding carboxylic acids is 1. The van der Waals surface area contributed by atoms with Crippen molar-refractivity contribution in [2.24, 2.45) is 5.92 Å². The van der Waals surface area contributed by atoms with Gasteiger partial charge in [-0.3, -0.25) is 4.79 Å². The SMILES string of the molecule is CC1CC(=O)C=C(O)C1.[Na+]. The second-order valence-corrected chi connectivity index (χ2v) is 2.62. The molecule has 1 aliphatic rings. The Bertz CT molecular complexity index is 163. The summed E-state index contributed by atoms with van der Waals surface area (Å²) in [4.78, 5) is 10.6. The minimum Gasteiger partial charge on any atom is -0.512 e. The molecule has 0 saturated carbocycles. The summed E-state index contributed by atoms with van der Waals surface area (Å²) in [6.07, 6.45) is 2.57. The second kappa shape index (κ2) is 4.16. The molecule has 0 aromatic carbocycles. The van der Waals surface area contributed by atoms with Crippen molar-refractivity contribution >= 4 is 5.78 Å². The minimum atomic E-state index is 0. The van der Waals surface area contributed by atoms with Gasteiger partial charge < -0.3 is 5.11 Å². The van der Waals surface area contributed by atoms with E-state index < -0.39 is 0 Å². The van der Waals surface area contributed by atoms with Crippen LogP contribution in [0.2, 0.25) is 0 Å². The molecular formula is C7H10NaO2+. The largest absolute Gasteiger partial charge is 1.00 e. The monoisotopic (exact) mass is 149 g/mol. The number of allylic oxidation sites excluding steroid dienone is 2. The third kappa shape index (κ3) is 2.86. The molecule has 0 spiro atoms. The molecule has 0 bridgehead atoms. The molecule has 1 atom stereocenters. The van der Waals surface area contributed by atoms with E-state index in [0.717, 1.165) is 0 Å². The smallest absolute Gasteiger partial charge is 0.512 e. The molecule has 50 valence electrons. The maximum Gasteiger partial charge on any atom is 1.00 e. The molecule has 10 heavy (non-hydrogen) atoms.